The summed E-state index contributed by atoms with van der Waals surface area (Å²) in [6.45, 7) is 0. The minimum Gasteiger partial charge on any atom is -0.312 e. The number of benzene rings is 3. The van der Waals surface area contributed by atoms with E-state index in [0.29, 0.717) is 5.75 Å². The van der Waals surface area contributed by atoms with E-state index in [4.69, 9.17) is 0 Å². The molecule has 0 bridgehead atoms. The van der Waals surface area contributed by atoms with Crippen LogP contribution in [0.5, 0.6) is 0 Å². The van der Waals surface area contributed by atoms with E-state index in [-0.39, 0.29) is 11.4 Å². The molecular weight excluding hydrogens is 354 g/mol. The first-order valence-electron chi connectivity index (χ1n) is 8.76. The normalized spacial score (nSPS) is 17.9. The summed E-state index contributed by atoms with van der Waals surface area (Å²) in [7, 11) is 0. The zero-order valence-corrected chi connectivity index (χ0v) is 15.5. The SMILES string of the molecule is O=C(N=C1CSC(c2ccccc2)N1c1ccccc1)Nc1ccccc1. The summed E-state index contributed by atoms with van der Waals surface area (Å²) in [5.74, 6) is 1.44. The van der Waals surface area contributed by atoms with Gasteiger partial charge in [0.1, 0.15) is 11.2 Å². The summed E-state index contributed by atoms with van der Waals surface area (Å²) < 4.78 is 0. The maximum absolute atomic E-state index is 12.5. The van der Waals surface area contributed by atoms with Crippen LogP contribution in [0, 0.1) is 0 Å². The minimum absolute atomic E-state index is 0.0943. The maximum Gasteiger partial charge on any atom is 0.347 e. The summed E-state index contributed by atoms with van der Waals surface area (Å²) in [6, 6.07) is 29.4. The fraction of sp³-hybridized carbons (Fsp3) is 0.0909. The van der Waals surface area contributed by atoms with Gasteiger partial charge in [-0.25, -0.2) is 4.79 Å². The number of amidine groups is 1. The predicted molar refractivity (Wildman–Crippen MR) is 113 cm³/mol. The van der Waals surface area contributed by atoms with Crippen LogP contribution in [0.3, 0.4) is 0 Å². The fourth-order valence-electron chi connectivity index (χ4n) is 3.05. The van der Waals surface area contributed by atoms with Gasteiger partial charge in [-0.05, 0) is 29.8 Å². The van der Waals surface area contributed by atoms with Crippen molar-refractivity contribution in [1.29, 1.82) is 0 Å². The number of para-hydroxylation sites is 2. The Morgan fingerprint density at radius 3 is 2.15 bits per heavy atom. The molecule has 1 N–H and O–H groups in total. The molecule has 4 rings (SSSR count). The first kappa shape index (κ1) is 17.4. The van der Waals surface area contributed by atoms with Gasteiger partial charge in [0.05, 0.1) is 5.75 Å². The van der Waals surface area contributed by atoms with Crippen LogP contribution < -0.4 is 10.2 Å². The van der Waals surface area contributed by atoms with E-state index >= 15 is 0 Å². The summed E-state index contributed by atoms with van der Waals surface area (Å²) in [6.07, 6.45) is 0. The zero-order chi connectivity index (χ0) is 18.5. The van der Waals surface area contributed by atoms with Gasteiger partial charge < -0.3 is 10.2 Å². The Labute approximate surface area is 162 Å². The molecule has 1 aliphatic heterocycles. The summed E-state index contributed by atoms with van der Waals surface area (Å²) in [5, 5.41) is 2.93. The molecular formula is C22H19N3OS. The Hall–Kier alpha value is -3.05. The maximum atomic E-state index is 12.5. The van der Waals surface area contributed by atoms with Crippen molar-refractivity contribution in [3.05, 3.63) is 96.6 Å². The molecule has 4 nitrogen and oxygen atoms in total. The summed E-state index contributed by atoms with van der Waals surface area (Å²) >= 11 is 1.77. The molecule has 3 aromatic carbocycles. The summed E-state index contributed by atoms with van der Waals surface area (Å²) in [5.41, 5.74) is 2.96. The lowest BCUT2D eigenvalue weighted by molar-refractivity contribution is 0.259. The van der Waals surface area contributed by atoms with E-state index in [0.717, 1.165) is 17.2 Å². The van der Waals surface area contributed by atoms with Crippen LogP contribution in [0.1, 0.15) is 10.9 Å². The first-order valence-corrected chi connectivity index (χ1v) is 9.80. The third-order valence-electron chi connectivity index (χ3n) is 4.26. The predicted octanol–water partition coefficient (Wildman–Crippen LogP) is 5.57. The molecule has 2 amide bonds. The number of anilines is 2. The van der Waals surface area contributed by atoms with Crippen LogP contribution in [0.15, 0.2) is 96.0 Å². The van der Waals surface area contributed by atoms with Crippen molar-refractivity contribution in [1.82, 2.24) is 0 Å². The second-order valence-corrected chi connectivity index (χ2v) is 7.17. The molecule has 3 aromatic rings. The lowest BCUT2D eigenvalue weighted by Gasteiger charge is -2.26. The number of rotatable bonds is 3. The molecule has 134 valence electrons. The number of hydrogen-bond donors (Lipinski definition) is 1. The number of carbonyl (C=O) groups excluding carboxylic acids is 1. The number of urea groups is 1. The van der Waals surface area contributed by atoms with E-state index in [1.807, 2.05) is 78.9 Å². The van der Waals surface area contributed by atoms with Crippen LogP contribution in [0.25, 0.3) is 0 Å². The van der Waals surface area contributed by atoms with Crippen molar-refractivity contribution in [2.45, 2.75) is 5.37 Å². The summed E-state index contributed by atoms with van der Waals surface area (Å²) in [4.78, 5) is 19.0. The van der Waals surface area contributed by atoms with E-state index in [2.05, 4.69) is 27.3 Å². The largest absolute Gasteiger partial charge is 0.347 e. The number of carbonyl (C=O) groups is 1. The number of aliphatic imine (C=N–C) groups is 1. The molecule has 0 aliphatic carbocycles. The second kappa shape index (κ2) is 8.10. The molecule has 1 heterocycles. The average molecular weight is 373 g/mol. The lowest BCUT2D eigenvalue weighted by atomic mass is 10.2. The molecule has 1 aliphatic rings. The van der Waals surface area contributed by atoms with Crippen LogP contribution in [0.2, 0.25) is 0 Å². The molecule has 0 radical (unpaired) electrons. The molecule has 1 atom stereocenters. The zero-order valence-electron chi connectivity index (χ0n) is 14.7. The first-order chi connectivity index (χ1) is 13.3. The smallest absolute Gasteiger partial charge is 0.312 e. The van der Waals surface area contributed by atoms with Crippen molar-refractivity contribution >= 4 is 35.0 Å². The molecule has 0 aromatic heterocycles. The molecule has 0 spiro atoms. The molecule has 0 saturated carbocycles. The molecule has 1 fully saturated rings. The number of nitrogens with zero attached hydrogens (tertiary/aromatic N) is 2. The van der Waals surface area contributed by atoms with Gasteiger partial charge in [-0.1, -0.05) is 66.7 Å². The van der Waals surface area contributed by atoms with Gasteiger partial charge in [0.25, 0.3) is 0 Å². The van der Waals surface area contributed by atoms with Crippen LogP contribution in [-0.2, 0) is 0 Å². The Bertz CT molecular complexity index is 930. The Morgan fingerprint density at radius 2 is 1.48 bits per heavy atom. The fourth-order valence-corrected chi connectivity index (χ4v) is 4.30. The monoisotopic (exact) mass is 373 g/mol. The Morgan fingerprint density at radius 1 is 0.889 bits per heavy atom. The lowest BCUT2D eigenvalue weighted by Crippen LogP contribution is -2.29. The molecule has 1 saturated heterocycles. The van der Waals surface area contributed by atoms with Crippen molar-refractivity contribution in [2.75, 3.05) is 16.0 Å². The third kappa shape index (κ3) is 4.04. The van der Waals surface area contributed by atoms with Crippen molar-refractivity contribution in [2.24, 2.45) is 4.99 Å². The highest BCUT2D eigenvalue weighted by atomic mass is 32.2. The van der Waals surface area contributed by atoms with Crippen LogP contribution >= 0.6 is 11.8 Å². The van der Waals surface area contributed by atoms with Gasteiger partial charge in [0, 0.05) is 11.4 Å². The molecule has 5 heteroatoms. The number of thioether (sulfide) groups is 1. The van der Waals surface area contributed by atoms with E-state index in [1.165, 1.54) is 5.56 Å². The molecule has 1 unspecified atom stereocenters. The molecule has 27 heavy (non-hydrogen) atoms. The van der Waals surface area contributed by atoms with Gasteiger partial charge >= 0.3 is 6.03 Å². The van der Waals surface area contributed by atoms with Crippen molar-refractivity contribution < 1.29 is 4.79 Å². The number of nitrogens with one attached hydrogen (secondary N) is 1. The van der Waals surface area contributed by atoms with Gasteiger partial charge in [-0.2, -0.15) is 4.99 Å². The Balaban J connectivity index is 1.64. The van der Waals surface area contributed by atoms with Crippen molar-refractivity contribution in [3.63, 3.8) is 0 Å². The highest BCUT2D eigenvalue weighted by Gasteiger charge is 2.33. The van der Waals surface area contributed by atoms with E-state index in [9.17, 15) is 4.79 Å². The van der Waals surface area contributed by atoms with Gasteiger partial charge in [0.2, 0.25) is 0 Å². The van der Waals surface area contributed by atoms with E-state index in [1.54, 1.807) is 11.8 Å². The average Bonchev–Trinajstić information content (AvgIpc) is 3.13. The standard InChI is InChI=1S/C22H19N3OS/c26-22(23-18-12-6-2-7-13-18)24-20-16-27-21(17-10-4-1-5-11-17)25(20)19-14-8-3-9-15-19/h1-15,21H,16H2,(H,23,26). The van der Waals surface area contributed by atoms with Gasteiger partial charge in [-0.15, -0.1) is 11.8 Å². The van der Waals surface area contributed by atoms with E-state index < -0.39 is 0 Å². The highest BCUT2D eigenvalue weighted by Crippen LogP contribution is 2.42. The van der Waals surface area contributed by atoms with Crippen molar-refractivity contribution in [3.8, 4) is 0 Å². The Kier molecular flexibility index (Phi) is 5.21. The van der Waals surface area contributed by atoms with Crippen LogP contribution in [0.4, 0.5) is 16.2 Å². The van der Waals surface area contributed by atoms with Gasteiger partial charge in [-0.3, -0.25) is 0 Å². The number of hydrogen-bond acceptors (Lipinski definition) is 2. The third-order valence-corrected chi connectivity index (χ3v) is 5.48. The second-order valence-electron chi connectivity index (χ2n) is 6.10. The minimum atomic E-state index is -0.355. The highest BCUT2D eigenvalue weighted by molar-refractivity contribution is 8.00. The van der Waals surface area contributed by atoms with Gasteiger partial charge in [0.15, 0.2) is 0 Å². The quantitative estimate of drug-likeness (QED) is 0.653. The topological polar surface area (TPSA) is 44.7 Å². The van der Waals surface area contributed by atoms with Crippen LogP contribution in [-0.4, -0.2) is 17.6 Å². The number of amides is 2.